The molecule has 1 amide bonds. The number of nitro groups is 1. The molecule has 0 aliphatic rings. The lowest BCUT2D eigenvalue weighted by Crippen LogP contribution is -2.14. The molecule has 0 saturated carbocycles. The van der Waals surface area contributed by atoms with Crippen molar-refractivity contribution in [2.45, 2.75) is 4.34 Å². The van der Waals surface area contributed by atoms with Gasteiger partial charge in [-0.15, -0.1) is 11.3 Å². The molecule has 1 aromatic heterocycles. The van der Waals surface area contributed by atoms with Crippen LogP contribution in [0.4, 0.5) is 21.5 Å². The third-order valence-corrected chi connectivity index (χ3v) is 6.55. The first kappa shape index (κ1) is 22.4. The summed E-state index contributed by atoms with van der Waals surface area (Å²) in [5, 5.41) is 25.3. The number of thiazole rings is 1. The van der Waals surface area contributed by atoms with E-state index in [2.05, 4.69) is 15.3 Å². The Morgan fingerprint density at radius 3 is 2.82 bits per heavy atom. The molecule has 166 valence electrons. The van der Waals surface area contributed by atoms with Crippen molar-refractivity contribution in [3.05, 3.63) is 82.2 Å². The molecular formula is C22H14FN4O4S2-. The van der Waals surface area contributed by atoms with Gasteiger partial charge >= 0.3 is 0 Å². The number of nitro benzene ring substituents is 1. The molecular weight excluding hydrogens is 467 g/mol. The van der Waals surface area contributed by atoms with Gasteiger partial charge in [0.2, 0.25) is 5.91 Å². The van der Waals surface area contributed by atoms with E-state index in [4.69, 9.17) is 0 Å². The summed E-state index contributed by atoms with van der Waals surface area (Å²) < 4.78 is 15.1. The molecule has 1 N–H and O–H groups in total. The maximum absolute atomic E-state index is 13.6. The summed E-state index contributed by atoms with van der Waals surface area (Å²) in [5.41, 5.74) is 1.32. The van der Waals surface area contributed by atoms with Crippen molar-refractivity contribution < 1.29 is 19.2 Å². The molecule has 0 aliphatic carbocycles. The zero-order valence-corrected chi connectivity index (χ0v) is 18.4. The van der Waals surface area contributed by atoms with Gasteiger partial charge in [-0.1, -0.05) is 35.7 Å². The van der Waals surface area contributed by atoms with Gasteiger partial charge in [0, 0.05) is 18.3 Å². The van der Waals surface area contributed by atoms with E-state index >= 15 is 0 Å². The Morgan fingerprint density at radius 1 is 1.21 bits per heavy atom. The number of aromatic nitrogens is 1. The molecule has 0 bridgehead atoms. The molecule has 0 spiro atoms. The Labute approximate surface area is 195 Å². The number of amides is 1. The molecule has 0 atom stereocenters. The van der Waals surface area contributed by atoms with Gasteiger partial charge in [-0.2, -0.15) is 0 Å². The topological polar surface area (TPSA) is 121 Å². The first-order valence-electron chi connectivity index (χ1n) is 9.46. The number of anilines is 1. The highest BCUT2D eigenvalue weighted by molar-refractivity contribution is 8.01. The van der Waals surface area contributed by atoms with Gasteiger partial charge in [0.25, 0.3) is 5.69 Å². The van der Waals surface area contributed by atoms with E-state index in [0.717, 1.165) is 22.3 Å². The fourth-order valence-electron chi connectivity index (χ4n) is 2.80. The van der Waals surface area contributed by atoms with Crippen molar-refractivity contribution in [2.24, 2.45) is 4.99 Å². The highest BCUT2D eigenvalue weighted by Crippen LogP contribution is 2.32. The third-order valence-electron chi connectivity index (χ3n) is 4.38. The quantitative estimate of drug-likeness (QED) is 0.173. The number of benzene rings is 3. The number of para-hydroxylation sites is 1. The summed E-state index contributed by atoms with van der Waals surface area (Å²) in [4.78, 5) is 31.2. The molecule has 0 radical (unpaired) electrons. The monoisotopic (exact) mass is 481 g/mol. The number of aliphatic imine (C=N–C) groups is 1. The van der Waals surface area contributed by atoms with Crippen molar-refractivity contribution in [1.82, 2.24) is 4.98 Å². The normalized spacial score (nSPS) is 11.2. The van der Waals surface area contributed by atoms with Crippen molar-refractivity contribution in [1.29, 1.82) is 0 Å². The first-order chi connectivity index (χ1) is 15.9. The zero-order chi connectivity index (χ0) is 23.4. The van der Waals surface area contributed by atoms with Gasteiger partial charge in [0.05, 0.1) is 32.3 Å². The minimum atomic E-state index is -0.573. The molecule has 4 aromatic rings. The van der Waals surface area contributed by atoms with Crippen LogP contribution in [-0.2, 0) is 4.79 Å². The molecule has 0 unspecified atom stereocenters. The Balaban J connectivity index is 1.44. The summed E-state index contributed by atoms with van der Waals surface area (Å²) in [6, 6.07) is 14.6. The number of hydrogen-bond donors (Lipinski definition) is 1. The summed E-state index contributed by atoms with van der Waals surface area (Å²) in [7, 11) is 0. The number of carbonyl (C=O) groups is 1. The summed E-state index contributed by atoms with van der Waals surface area (Å²) in [6.07, 6.45) is 1.29. The van der Waals surface area contributed by atoms with E-state index in [1.807, 2.05) is 0 Å². The predicted molar refractivity (Wildman–Crippen MR) is 125 cm³/mol. The summed E-state index contributed by atoms with van der Waals surface area (Å²) in [6.45, 7) is 0. The van der Waals surface area contributed by atoms with Crippen LogP contribution in [0, 0.1) is 15.9 Å². The van der Waals surface area contributed by atoms with Crippen LogP contribution in [0.25, 0.3) is 10.2 Å². The number of hydrogen-bond acceptors (Lipinski definition) is 8. The largest absolute Gasteiger partial charge is 0.872 e. The molecule has 4 rings (SSSR count). The van der Waals surface area contributed by atoms with Crippen molar-refractivity contribution in [3.63, 3.8) is 0 Å². The van der Waals surface area contributed by atoms with E-state index in [9.17, 15) is 24.4 Å². The second kappa shape index (κ2) is 9.76. The van der Waals surface area contributed by atoms with E-state index in [1.165, 1.54) is 47.5 Å². The number of nitrogens with zero attached hydrogens (tertiary/aromatic N) is 3. The SMILES string of the molecule is O=C(CSc1nc2ccc(N=Cc3cc([N+](=O)[O-])ccc3[O-])cc2s1)Nc1ccccc1F. The van der Waals surface area contributed by atoms with Gasteiger partial charge in [0.15, 0.2) is 4.34 Å². The van der Waals surface area contributed by atoms with Crippen LogP contribution in [-0.4, -0.2) is 27.8 Å². The Bertz CT molecular complexity index is 1390. The zero-order valence-electron chi connectivity index (χ0n) is 16.7. The van der Waals surface area contributed by atoms with Crippen LogP contribution >= 0.6 is 23.1 Å². The number of thioether (sulfide) groups is 1. The molecule has 3 aromatic carbocycles. The second-order valence-corrected chi connectivity index (χ2v) is 8.94. The maximum atomic E-state index is 13.6. The average molecular weight is 482 g/mol. The highest BCUT2D eigenvalue weighted by Gasteiger charge is 2.11. The van der Waals surface area contributed by atoms with E-state index in [0.29, 0.717) is 10.0 Å². The number of rotatable bonds is 7. The number of non-ortho nitro benzene ring substituents is 1. The van der Waals surface area contributed by atoms with Gasteiger partial charge in [-0.05, 0) is 35.9 Å². The number of halogens is 1. The lowest BCUT2D eigenvalue weighted by Gasteiger charge is -2.08. The van der Waals surface area contributed by atoms with Gasteiger partial charge in [-0.25, -0.2) is 9.37 Å². The molecule has 1 heterocycles. The van der Waals surface area contributed by atoms with Crippen LogP contribution in [0.2, 0.25) is 0 Å². The molecule has 0 fully saturated rings. The molecule has 8 nitrogen and oxygen atoms in total. The Hall–Kier alpha value is -3.83. The van der Waals surface area contributed by atoms with Gasteiger partial charge in [0.1, 0.15) is 5.82 Å². The highest BCUT2D eigenvalue weighted by atomic mass is 32.2. The minimum Gasteiger partial charge on any atom is -0.872 e. The predicted octanol–water partition coefficient (Wildman–Crippen LogP) is 4.90. The summed E-state index contributed by atoms with van der Waals surface area (Å²) >= 11 is 2.60. The average Bonchev–Trinajstić information content (AvgIpc) is 3.21. The maximum Gasteiger partial charge on any atom is 0.270 e. The van der Waals surface area contributed by atoms with Crippen molar-refractivity contribution in [2.75, 3.05) is 11.1 Å². The lowest BCUT2D eigenvalue weighted by molar-refractivity contribution is -0.385. The Kier molecular flexibility index (Phi) is 6.61. The smallest absolute Gasteiger partial charge is 0.270 e. The van der Waals surface area contributed by atoms with E-state index in [1.54, 1.807) is 30.3 Å². The fraction of sp³-hybridized carbons (Fsp3) is 0.0455. The Morgan fingerprint density at radius 2 is 2.03 bits per heavy atom. The van der Waals surface area contributed by atoms with Gasteiger partial charge in [-0.3, -0.25) is 19.9 Å². The minimum absolute atomic E-state index is 0.0677. The number of fused-ring (bicyclic) bond motifs is 1. The molecule has 11 heteroatoms. The number of nitrogens with one attached hydrogen (secondary N) is 1. The van der Waals surface area contributed by atoms with Crippen LogP contribution in [0.5, 0.6) is 5.75 Å². The van der Waals surface area contributed by atoms with E-state index < -0.39 is 10.7 Å². The molecule has 33 heavy (non-hydrogen) atoms. The first-order valence-corrected chi connectivity index (χ1v) is 11.3. The lowest BCUT2D eigenvalue weighted by atomic mass is 10.2. The van der Waals surface area contributed by atoms with Crippen molar-refractivity contribution in [3.8, 4) is 5.75 Å². The van der Waals surface area contributed by atoms with Crippen molar-refractivity contribution >= 4 is 62.5 Å². The van der Waals surface area contributed by atoms with Crippen LogP contribution in [0.15, 0.2) is 70.0 Å². The van der Waals surface area contributed by atoms with Crippen LogP contribution < -0.4 is 10.4 Å². The van der Waals surface area contributed by atoms with Gasteiger partial charge < -0.3 is 10.4 Å². The second-order valence-electron chi connectivity index (χ2n) is 6.69. The molecule has 0 aliphatic heterocycles. The van der Waals surface area contributed by atoms with Crippen LogP contribution in [0.3, 0.4) is 0 Å². The van der Waals surface area contributed by atoms with Crippen LogP contribution in [0.1, 0.15) is 5.56 Å². The summed E-state index contributed by atoms with van der Waals surface area (Å²) in [5.74, 6) is -1.15. The standard InChI is InChI=1S/C22H15FN4O4S2/c23-16-3-1-2-4-17(16)25-21(29)12-32-22-26-18-7-5-14(10-20(18)33-22)24-11-13-9-15(27(30)31)6-8-19(13)28/h1-11,28H,12H2,(H,25,29)/p-1. The number of carbonyl (C=O) groups excluding carboxylic acids is 1. The fourth-order valence-corrected chi connectivity index (χ4v) is 4.71. The molecule has 0 saturated heterocycles. The van der Waals surface area contributed by atoms with E-state index in [-0.39, 0.29) is 34.3 Å². The third kappa shape index (κ3) is 5.51.